The van der Waals surface area contributed by atoms with Crippen LogP contribution in [-0.4, -0.2) is 6.21 Å². The molecule has 0 fully saturated rings. The molecule has 1 rings (SSSR count). The van der Waals surface area contributed by atoms with Gasteiger partial charge in [-0.3, -0.25) is 4.99 Å². The van der Waals surface area contributed by atoms with E-state index in [0.717, 1.165) is 12.1 Å². The fourth-order valence-corrected chi connectivity index (χ4v) is 0.961. The second-order valence-corrected chi connectivity index (χ2v) is 2.59. The van der Waals surface area contributed by atoms with Crippen molar-refractivity contribution >= 4 is 6.21 Å². The van der Waals surface area contributed by atoms with Gasteiger partial charge in [0.1, 0.15) is 0 Å². The van der Waals surface area contributed by atoms with Gasteiger partial charge in [-0.25, -0.2) is 0 Å². The molecule has 1 aliphatic rings. The lowest BCUT2D eigenvalue weighted by molar-refractivity contribution is 0.730. The molecular formula is C9H13N. The lowest BCUT2D eigenvalue weighted by Gasteiger charge is -2.07. The average Bonchev–Trinajstić information content (AvgIpc) is 1.95. The minimum atomic E-state index is 0.691. The Morgan fingerprint density at radius 3 is 3.00 bits per heavy atom. The molecule has 0 aromatic heterocycles. The predicted octanol–water partition coefficient (Wildman–Crippen LogP) is 2.56. The number of rotatable bonds is 1. The van der Waals surface area contributed by atoms with Crippen LogP contribution in [0.2, 0.25) is 0 Å². The Kier molecular flexibility index (Phi) is 2.43. The monoisotopic (exact) mass is 135 g/mol. The molecule has 0 saturated heterocycles. The van der Waals surface area contributed by atoms with Gasteiger partial charge in [-0.15, -0.1) is 0 Å². The van der Waals surface area contributed by atoms with E-state index in [9.17, 15) is 0 Å². The predicted molar refractivity (Wildman–Crippen MR) is 45.2 cm³/mol. The Morgan fingerprint density at radius 2 is 2.50 bits per heavy atom. The molecule has 0 heterocycles. The molecule has 0 spiro atoms. The molecule has 1 heteroatoms. The molecule has 0 saturated carbocycles. The SMILES string of the molecule is C/C=N/C1=CCC(C)C=C1. The first-order chi connectivity index (χ1) is 4.83. The summed E-state index contributed by atoms with van der Waals surface area (Å²) in [6.07, 6.45) is 9.40. The van der Waals surface area contributed by atoms with Crippen LogP contribution < -0.4 is 0 Å². The Bertz CT molecular complexity index is 187. The van der Waals surface area contributed by atoms with E-state index in [4.69, 9.17) is 0 Å². The van der Waals surface area contributed by atoms with Crippen molar-refractivity contribution in [1.82, 2.24) is 0 Å². The molecule has 0 radical (unpaired) electrons. The summed E-state index contributed by atoms with van der Waals surface area (Å²) in [5.41, 5.74) is 1.10. The van der Waals surface area contributed by atoms with Gasteiger partial charge in [-0.1, -0.05) is 19.1 Å². The van der Waals surface area contributed by atoms with Crippen molar-refractivity contribution in [3.8, 4) is 0 Å². The zero-order valence-electron chi connectivity index (χ0n) is 6.54. The van der Waals surface area contributed by atoms with Crippen LogP contribution in [0.25, 0.3) is 0 Å². The maximum absolute atomic E-state index is 4.17. The third-order valence-electron chi connectivity index (χ3n) is 1.57. The Hall–Kier alpha value is -0.850. The highest BCUT2D eigenvalue weighted by atomic mass is 14.7. The lowest BCUT2D eigenvalue weighted by atomic mass is 10.0. The molecule has 0 bridgehead atoms. The van der Waals surface area contributed by atoms with Gasteiger partial charge >= 0.3 is 0 Å². The third-order valence-corrected chi connectivity index (χ3v) is 1.57. The van der Waals surface area contributed by atoms with Gasteiger partial charge < -0.3 is 0 Å². The average molecular weight is 135 g/mol. The van der Waals surface area contributed by atoms with Crippen LogP contribution in [0.1, 0.15) is 20.3 Å². The third kappa shape index (κ3) is 1.83. The van der Waals surface area contributed by atoms with E-state index in [1.165, 1.54) is 0 Å². The number of hydrogen-bond acceptors (Lipinski definition) is 1. The van der Waals surface area contributed by atoms with Gasteiger partial charge in [-0.2, -0.15) is 0 Å². The summed E-state index contributed by atoms with van der Waals surface area (Å²) in [6.45, 7) is 4.14. The van der Waals surface area contributed by atoms with Crippen molar-refractivity contribution in [3.63, 3.8) is 0 Å². The van der Waals surface area contributed by atoms with E-state index >= 15 is 0 Å². The second kappa shape index (κ2) is 3.35. The molecular weight excluding hydrogens is 122 g/mol. The van der Waals surface area contributed by atoms with Crippen LogP contribution in [0.5, 0.6) is 0 Å². The van der Waals surface area contributed by atoms with E-state index < -0.39 is 0 Å². The molecule has 54 valence electrons. The highest BCUT2D eigenvalue weighted by molar-refractivity contribution is 5.56. The van der Waals surface area contributed by atoms with Gasteiger partial charge in [0, 0.05) is 6.21 Å². The lowest BCUT2D eigenvalue weighted by Crippen LogP contribution is -1.92. The summed E-state index contributed by atoms with van der Waals surface area (Å²) in [7, 11) is 0. The summed E-state index contributed by atoms with van der Waals surface area (Å²) >= 11 is 0. The van der Waals surface area contributed by atoms with E-state index in [-0.39, 0.29) is 0 Å². The molecule has 0 aromatic rings. The Morgan fingerprint density at radius 1 is 1.70 bits per heavy atom. The van der Waals surface area contributed by atoms with Crippen molar-refractivity contribution in [2.75, 3.05) is 0 Å². The van der Waals surface area contributed by atoms with Gasteiger partial charge in [-0.05, 0) is 25.3 Å². The van der Waals surface area contributed by atoms with Crippen LogP contribution in [0, 0.1) is 5.92 Å². The normalized spacial score (nSPS) is 25.4. The molecule has 1 atom stereocenters. The zero-order valence-corrected chi connectivity index (χ0v) is 6.54. The maximum Gasteiger partial charge on any atom is 0.0582 e. The van der Waals surface area contributed by atoms with Crippen LogP contribution in [0.15, 0.2) is 28.9 Å². The van der Waals surface area contributed by atoms with E-state index in [0.29, 0.717) is 5.92 Å². The molecule has 10 heavy (non-hydrogen) atoms. The zero-order chi connectivity index (χ0) is 7.40. The second-order valence-electron chi connectivity index (χ2n) is 2.59. The molecule has 0 aromatic carbocycles. The molecule has 1 unspecified atom stereocenters. The number of hydrogen-bond donors (Lipinski definition) is 0. The van der Waals surface area contributed by atoms with Crippen molar-refractivity contribution < 1.29 is 0 Å². The Labute approximate surface area is 62.2 Å². The van der Waals surface area contributed by atoms with Gasteiger partial charge in [0.15, 0.2) is 0 Å². The standard InChI is InChI=1S/C9H13N/c1-3-10-9-6-4-8(2)5-7-9/h3-4,6-8H,5H2,1-2H3/b10-3+. The number of aliphatic imine (C=N–C) groups is 1. The maximum atomic E-state index is 4.17. The summed E-state index contributed by atoms with van der Waals surface area (Å²) in [6, 6.07) is 0. The van der Waals surface area contributed by atoms with Gasteiger partial charge in [0.25, 0.3) is 0 Å². The summed E-state index contributed by atoms with van der Waals surface area (Å²) in [4.78, 5) is 4.17. The summed E-state index contributed by atoms with van der Waals surface area (Å²) < 4.78 is 0. The van der Waals surface area contributed by atoms with Crippen LogP contribution >= 0.6 is 0 Å². The van der Waals surface area contributed by atoms with E-state index in [2.05, 4.69) is 30.1 Å². The molecule has 0 amide bonds. The first-order valence-corrected chi connectivity index (χ1v) is 3.70. The number of allylic oxidation sites excluding steroid dienone is 3. The summed E-state index contributed by atoms with van der Waals surface area (Å²) in [5.74, 6) is 0.691. The fraction of sp³-hybridized carbons (Fsp3) is 0.444. The molecule has 1 nitrogen and oxygen atoms in total. The largest absolute Gasteiger partial charge is 0.262 e. The molecule has 1 aliphatic carbocycles. The number of nitrogens with zero attached hydrogens (tertiary/aromatic N) is 1. The minimum absolute atomic E-state index is 0.691. The topological polar surface area (TPSA) is 12.4 Å². The quantitative estimate of drug-likeness (QED) is 0.490. The highest BCUT2D eigenvalue weighted by Crippen LogP contribution is 2.15. The fourth-order valence-electron chi connectivity index (χ4n) is 0.961. The summed E-state index contributed by atoms with van der Waals surface area (Å²) in [5, 5.41) is 0. The Balaban J connectivity index is 2.58. The van der Waals surface area contributed by atoms with Gasteiger partial charge in [0.05, 0.1) is 5.70 Å². The smallest absolute Gasteiger partial charge is 0.0582 e. The van der Waals surface area contributed by atoms with Crippen LogP contribution in [0.3, 0.4) is 0 Å². The van der Waals surface area contributed by atoms with Crippen molar-refractivity contribution in [2.24, 2.45) is 10.9 Å². The van der Waals surface area contributed by atoms with Crippen molar-refractivity contribution in [2.45, 2.75) is 20.3 Å². The van der Waals surface area contributed by atoms with Gasteiger partial charge in [0.2, 0.25) is 0 Å². The molecule has 0 aliphatic heterocycles. The molecule has 0 N–H and O–H groups in total. The van der Waals surface area contributed by atoms with Crippen LogP contribution in [0.4, 0.5) is 0 Å². The van der Waals surface area contributed by atoms with E-state index in [1.807, 2.05) is 13.1 Å². The first-order valence-electron chi connectivity index (χ1n) is 3.70. The van der Waals surface area contributed by atoms with Crippen LogP contribution in [-0.2, 0) is 0 Å². The van der Waals surface area contributed by atoms with Crippen molar-refractivity contribution in [3.05, 3.63) is 23.9 Å². The minimum Gasteiger partial charge on any atom is -0.262 e. The first kappa shape index (κ1) is 7.26. The van der Waals surface area contributed by atoms with E-state index in [1.54, 1.807) is 0 Å². The highest BCUT2D eigenvalue weighted by Gasteiger charge is 2.00. The van der Waals surface area contributed by atoms with Crippen molar-refractivity contribution in [1.29, 1.82) is 0 Å².